The van der Waals surface area contributed by atoms with E-state index in [2.05, 4.69) is 22.2 Å². The second-order valence-corrected chi connectivity index (χ2v) is 15.3. The van der Waals surface area contributed by atoms with Gasteiger partial charge < -0.3 is 30.9 Å². The van der Waals surface area contributed by atoms with E-state index in [9.17, 15) is 19.2 Å². The molecule has 2 saturated heterocycles. The quantitative estimate of drug-likeness (QED) is 0.127. The predicted octanol–water partition coefficient (Wildman–Crippen LogP) is 6.03. The van der Waals surface area contributed by atoms with Gasteiger partial charge in [-0.2, -0.15) is 5.01 Å². The number of carbonyl (C=O) groups is 4. The number of hydrogen-bond acceptors (Lipinski definition) is 9. The zero-order valence-corrected chi connectivity index (χ0v) is 32.7. The number of aromatic nitrogens is 1. The first kappa shape index (κ1) is 38.1. The summed E-state index contributed by atoms with van der Waals surface area (Å²) in [4.78, 5) is 63.7. The Balaban J connectivity index is 1.05. The minimum Gasteiger partial charge on any atom is -0.497 e. The van der Waals surface area contributed by atoms with Gasteiger partial charge in [0.2, 0.25) is 11.8 Å². The average Bonchev–Trinajstić information content (AvgIpc) is 3.79. The molecule has 5 aromatic carbocycles. The van der Waals surface area contributed by atoms with Crippen LogP contribution < -0.4 is 21.1 Å². The minimum absolute atomic E-state index is 0.108. The van der Waals surface area contributed by atoms with Crippen LogP contribution in [0.15, 0.2) is 122 Å². The van der Waals surface area contributed by atoms with Crippen LogP contribution in [-0.4, -0.2) is 87.5 Å². The molecule has 2 atom stereocenters. The molecular formula is C44H42N8O5S. The van der Waals surface area contributed by atoms with Gasteiger partial charge in [0.15, 0.2) is 5.13 Å². The van der Waals surface area contributed by atoms with Crippen LogP contribution in [0.4, 0.5) is 15.6 Å². The molecule has 8 rings (SSSR count). The third kappa shape index (κ3) is 7.66. The molecule has 3 heterocycles. The fourth-order valence-corrected chi connectivity index (χ4v) is 8.54. The largest absolute Gasteiger partial charge is 0.497 e. The van der Waals surface area contributed by atoms with Gasteiger partial charge in [0, 0.05) is 30.8 Å². The summed E-state index contributed by atoms with van der Waals surface area (Å²) in [6, 6.07) is 32.5. The Kier molecular flexibility index (Phi) is 10.8. The number of thiazole rings is 1. The number of hydrazine groups is 1. The first-order valence-corrected chi connectivity index (χ1v) is 19.7. The summed E-state index contributed by atoms with van der Waals surface area (Å²) in [7, 11) is 1.59. The molecule has 2 aliphatic rings. The Bertz CT molecular complexity index is 2520. The van der Waals surface area contributed by atoms with E-state index in [-0.39, 0.29) is 56.9 Å². The normalized spacial score (nSPS) is 16.7. The van der Waals surface area contributed by atoms with E-state index in [1.54, 1.807) is 46.2 Å². The van der Waals surface area contributed by atoms with Crippen molar-refractivity contribution in [1.29, 1.82) is 0 Å². The Hall–Kier alpha value is -6.77. The Morgan fingerprint density at radius 3 is 2.48 bits per heavy atom. The molecular weight excluding hydrogens is 753 g/mol. The predicted molar refractivity (Wildman–Crippen MR) is 225 cm³/mol. The molecule has 14 heteroatoms. The number of fused-ring (bicyclic) bond motifs is 3. The van der Waals surface area contributed by atoms with Gasteiger partial charge in [0.05, 0.1) is 37.0 Å². The molecule has 0 spiro atoms. The number of urea groups is 1. The van der Waals surface area contributed by atoms with Gasteiger partial charge in [-0.3, -0.25) is 19.4 Å². The lowest BCUT2D eigenvalue weighted by Crippen LogP contribution is -2.66. The molecule has 58 heavy (non-hydrogen) atoms. The molecule has 0 saturated carbocycles. The first-order valence-electron chi connectivity index (χ1n) is 18.9. The highest BCUT2D eigenvalue weighted by atomic mass is 32.1. The van der Waals surface area contributed by atoms with Crippen molar-refractivity contribution in [2.75, 3.05) is 37.8 Å². The minimum atomic E-state index is -0.875. The molecule has 6 aromatic rings. The lowest BCUT2D eigenvalue weighted by Gasteiger charge is -2.46. The number of ether oxygens (including phenoxy) is 1. The van der Waals surface area contributed by atoms with E-state index in [1.165, 1.54) is 16.3 Å². The maximum Gasteiger partial charge on any atom is 0.332 e. The summed E-state index contributed by atoms with van der Waals surface area (Å²) in [5, 5.41) is 11.4. The highest BCUT2D eigenvalue weighted by Crippen LogP contribution is 2.33. The summed E-state index contributed by atoms with van der Waals surface area (Å²) in [5.74, 6) is -0.0195. The number of para-hydroxylation sites is 1. The molecule has 0 bridgehead atoms. The van der Waals surface area contributed by atoms with Crippen LogP contribution in [0.5, 0.6) is 5.75 Å². The van der Waals surface area contributed by atoms with Crippen LogP contribution in [0, 0.1) is 0 Å². The first-order chi connectivity index (χ1) is 28.2. The SMILES string of the molecule is C=CCN(C(=O)NCc1ccc(OC)cc1)N1CC(=O)N2[C@@H](Cc3ccc(NC(=O)c4cccc5ccccc45)cc3)C(=O)N(Cc3cccc4sc(N)nc34)C[C@@H]21. The Morgan fingerprint density at radius 1 is 0.966 bits per heavy atom. The van der Waals surface area contributed by atoms with E-state index < -0.39 is 18.2 Å². The Morgan fingerprint density at radius 2 is 1.71 bits per heavy atom. The number of nitrogens with two attached hydrogens (primary N) is 1. The molecule has 0 unspecified atom stereocenters. The van der Waals surface area contributed by atoms with Crippen molar-refractivity contribution in [1.82, 2.24) is 30.1 Å². The number of nitrogens with one attached hydrogen (secondary N) is 2. The smallest absolute Gasteiger partial charge is 0.332 e. The van der Waals surface area contributed by atoms with Crippen LogP contribution in [-0.2, 0) is 29.1 Å². The van der Waals surface area contributed by atoms with Crippen LogP contribution in [0.1, 0.15) is 27.0 Å². The highest BCUT2D eigenvalue weighted by molar-refractivity contribution is 7.22. The van der Waals surface area contributed by atoms with Crippen LogP contribution in [0.25, 0.3) is 21.0 Å². The fraction of sp³-hybridized carbons (Fsp3) is 0.205. The number of nitrogen functional groups attached to an aromatic ring is 1. The number of methoxy groups -OCH3 is 1. The number of anilines is 2. The van der Waals surface area contributed by atoms with Gasteiger partial charge in [-0.25, -0.2) is 9.78 Å². The summed E-state index contributed by atoms with van der Waals surface area (Å²) >= 11 is 1.38. The van der Waals surface area contributed by atoms with Crippen LogP contribution >= 0.6 is 11.3 Å². The van der Waals surface area contributed by atoms with E-state index in [0.717, 1.165) is 37.7 Å². The number of amides is 5. The van der Waals surface area contributed by atoms with Crippen molar-refractivity contribution in [3.63, 3.8) is 0 Å². The summed E-state index contributed by atoms with van der Waals surface area (Å²) < 4.78 is 6.17. The maximum absolute atomic E-state index is 14.6. The number of carbonyl (C=O) groups excluding carboxylic acids is 4. The number of rotatable bonds is 12. The summed E-state index contributed by atoms with van der Waals surface area (Å²) in [6.07, 6.45) is 1.17. The second-order valence-electron chi connectivity index (χ2n) is 14.2. The van der Waals surface area contributed by atoms with Gasteiger partial charge in [0.25, 0.3) is 5.91 Å². The molecule has 0 radical (unpaired) electrons. The number of nitrogens with zero attached hydrogens (tertiary/aromatic N) is 5. The van der Waals surface area contributed by atoms with Crippen molar-refractivity contribution >= 4 is 66.9 Å². The lowest BCUT2D eigenvalue weighted by atomic mass is 9.99. The van der Waals surface area contributed by atoms with Crippen LogP contribution in [0.2, 0.25) is 0 Å². The van der Waals surface area contributed by atoms with Crippen molar-refractivity contribution in [3.8, 4) is 5.75 Å². The van der Waals surface area contributed by atoms with Gasteiger partial charge in [-0.05, 0) is 63.9 Å². The van der Waals surface area contributed by atoms with Crippen molar-refractivity contribution in [2.24, 2.45) is 0 Å². The third-order valence-electron chi connectivity index (χ3n) is 10.6. The average molecular weight is 795 g/mol. The van der Waals surface area contributed by atoms with E-state index >= 15 is 0 Å². The molecule has 2 aliphatic heterocycles. The van der Waals surface area contributed by atoms with Gasteiger partial charge in [-0.15, -0.1) is 6.58 Å². The van der Waals surface area contributed by atoms with E-state index in [0.29, 0.717) is 22.1 Å². The van der Waals surface area contributed by atoms with Crippen LogP contribution in [0.3, 0.4) is 0 Å². The Labute approximate surface area is 339 Å². The zero-order chi connectivity index (χ0) is 40.3. The fourth-order valence-electron chi connectivity index (χ4n) is 7.75. The van der Waals surface area contributed by atoms with Gasteiger partial charge in [0.1, 0.15) is 18.0 Å². The summed E-state index contributed by atoms with van der Waals surface area (Å²) in [5.41, 5.74) is 10.5. The number of benzene rings is 5. The molecule has 2 fully saturated rings. The highest BCUT2D eigenvalue weighted by Gasteiger charge is 2.52. The third-order valence-corrected chi connectivity index (χ3v) is 11.4. The monoisotopic (exact) mass is 794 g/mol. The van der Waals surface area contributed by atoms with E-state index in [1.807, 2.05) is 91.0 Å². The maximum atomic E-state index is 14.6. The molecule has 4 N–H and O–H groups in total. The number of hydrogen-bond donors (Lipinski definition) is 3. The summed E-state index contributed by atoms with van der Waals surface area (Å²) in [6.45, 7) is 4.54. The lowest BCUT2D eigenvalue weighted by molar-refractivity contribution is -0.157. The number of piperazine rings is 1. The molecule has 5 amide bonds. The van der Waals surface area contributed by atoms with Crippen molar-refractivity contribution in [2.45, 2.75) is 31.7 Å². The van der Waals surface area contributed by atoms with Gasteiger partial charge >= 0.3 is 6.03 Å². The standard InChI is InChI=1S/C44H42N8O5S/c1-3-22-50(44(56)46-24-29-16-20-33(57-2)21-17-29)51-27-39(53)52-36(42(55)49(26-38(51)52)25-31-10-7-13-37-40(31)48-43(45)58-37)23-28-14-18-32(19-15-28)47-41(54)35-12-6-9-30-8-4-5-11-34(30)35/h3-21,36,38H,1,22-27H2,2H3,(H2,45,48)(H,46,56)(H,47,54)/t36-,38+/m0/s1. The second kappa shape index (κ2) is 16.4. The molecule has 294 valence electrons. The molecule has 1 aromatic heterocycles. The topological polar surface area (TPSA) is 153 Å². The molecule has 13 nitrogen and oxygen atoms in total. The van der Waals surface area contributed by atoms with Gasteiger partial charge in [-0.1, -0.05) is 90.2 Å². The van der Waals surface area contributed by atoms with Crippen molar-refractivity contribution < 1.29 is 23.9 Å². The van der Waals surface area contributed by atoms with E-state index in [4.69, 9.17) is 10.5 Å². The van der Waals surface area contributed by atoms with Crippen molar-refractivity contribution in [3.05, 3.63) is 144 Å². The molecule has 0 aliphatic carbocycles. The zero-order valence-electron chi connectivity index (χ0n) is 31.8.